The highest BCUT2D eigenvalue weighted by atomic mass is 16.6. The number of amides is 3. The maximum atomic E-state index is 13.3. The van der Waals surface area contributed by atoms with E-state index in [1.807, 2.05) is 20.8 Å². The van der Waals surface area contributed by atoms with Crippen LogP contribution >= 0.6 is 0 Å². The van der Waals surface area contributed by atoms with Crippen LogP contribution in [-0.2, 0) is 28.6 Å². The Kier molecular flexibility index (Phi) is 14.8. The second-order valence-corrected chi connectivity index (χ2v) is 12.3. The van der Waals surface area contributed by atoms with Crippen LogP contribution in [0.5, 0.6) is 0 Å². The molecule has 0 aromatic rings. The smallest absolute Gasteiger partial charge is 0.407 e. The van der Waals surface area contributed by atoms with Gasteiger partial charge < -0.3 is 35.9 Å². The van der Waals surface area contributed by atoms with Crippen LogP contribution in [0.2, 0.25) is 0 Å². The highest BCUT2D eigenvalue weighted by Crippen LogP contribution is 2.27. The van der Waals surface area contributed by atoms with E-state index < -0.39 is 53.2 Å². The number of unbranched alkanes of at least 4 members (excludes halogenated alkanes) is 1. The summed E-state index contributed by atoms with van der Waals surface area (Å²) in [6.45, 7) is 11.3. The Balaban J connectivity index is 2.81. The third kappa shape index (κ3) is 15.7. The molecule has 5 N–H and O–H groups in total. The third-order valence-corrected chi connectivity index (χ3v) is 6.35. The van der Waals surface area contributed by atoms with Crippen molar-refractivity contribution in [1.82, 2.24) is 16.0 Å². The van der Waals surface area contributed by atoms with Crippen molar-refractivity contribution in [2.24, 2.45) is 11.7 Å². The van der Waals surface area contributed by atoms with Gasteiger partial charge in [0.2, 0.25) is 11.8 Å². The highest BCUT2D eigenvalue weighted by molar-refractivity contribution is 5.92. The van der Waals surface area contributed by atoms with Crippen LogP contribution in [0.1, 0.15) is 99.3 Å². The zero-order valence-corrected chi connectivity index (χ0v) is 25.0. The molecule has 3 amide bonds. The minimum absolute atomic E-state index is 0.00402. The van der Waals surface area contributed by atoms with E-state index in [2.05, 4.69) is 16.0 Å². The molecule has 0 heterocycles. The number of nitrogens with two attached hydrogens (primary N) is 1. The average Bonchev–Trinajstić information content (AvgIpc) is 2.84. The van der Waals surface area contributed by atoms with E-state index in [4.69, 9.17) is 19.9 Å². The Morgan fingerprint density at radius 2 is 1.49 bits per heavy atom. The molecule has 39 heavy (non-hydrogen) atoms. The van der Waals surface area contributed by atoms with Gasteiger partial charge in [-0.2, -0.15) is 0 Å². The highest BCUT2D eigenvalue weighted by Gasteiger charge is 2.31. The molecule has 1 aliphatic rings. The monoisotopic (exact) mass is 556 g/mol. The Bertz CT molecular complexity index is 786. The minimum atomic E-state index is -0.966. The molecule has 0 radical (unpaired) electrons. The largest absolute Gasteiger partial charge is 0.467 e. The van der Waals surface area contributed by atoms with Gasteiger partial charge in [-0.15, -0.1) is 0 Å². The number of carbonyl (C=O) groups excluding carboxylic acids is 4. The molecule has 1 saturated carbocycles. The van der Waals surface area contributed by atoms with Crippen molar-refractivity contribution >= 4 is 23.9 Å². The van der Waals surface area contributed by atoms with Gasteiger partial charge in [-0.25, -0.2) is 9.59 Å². The molecule has 0 aliphatic heterocycles. The number of hydrogen-bond donors (Lipinski definition) is 4. The third-order valence-electron chi connectivity index (χ3n) is 6.35. The number of ether oxygens (including phenoxy) is 3. The number of methoxy groups -OCH3 is 1. The molecule has 11 heteroatoms. The zero-order valence-electron chi connectivity index (χ0n) is 25.0. The maximum Gasteiger partial charge on any atom is 0.407 e. The molecular weight excluding hydrogens is 504 g/mol. The number of hydrogen-bond acceptors (Lipinski definition) is 8. The lowest BCUT2D eigenvalue weighted by Crippen LogP contribution is -2.55. The summed E-state index contributed by atoms with van der Waals surface area (Å²) in [6.07, 6.45) is 6.77. The molecule has 0 aromatic carbocycles. The lowest BCUT2D eigenvalue weighted by Gasteiger charge is -2.28. The molecule has 0 unspecified atom stereocenters. The van der Waals surface area contributed by atoms with Gasteiger partial charge in [0.15, 0.2) is 0 Å². The first-order chi connectivity index (χ1) is 18.1. The lowest BCUT2D eigenvalue weighted by atomic mass is 9.84. The second kappa shape index (κ2) is 16.6. The standard InChI is InChI=1S/C28H52N4O7/c1-27(2,3)38-18-20(29)23(33)31-21(15-11-12-16-30-26(36)39-28(4,5)6)24(34)32-22(25(35)37-7)17-19-13-9-8-10-14-19/h19-22H,8-18,29H2,1-7H3,(H,30,36)(H,31,33)(H,32,34)/t20-,21-,22+/m0/s1. The number of carbonyl (C=O) groups is 4. The van der Waals surface area contributed by atoms with Crippen molar-refractivity contribution in [2.45, 2.75) is 129 Å². The first-order valence-electron chi connectivity index (χ1n) is 14.2. The summed E-state index contributed by atoms with van der Waals surface area (Å²) in [5.74, 6) is -1.17. The molecule has 0 saturated heterocycles. The molecule has 1 aliphatic carbocycles. The van der Waals surface area contributed by atoms with Crippen LogP contribution in [0, 0.1) is 5.92 Å². The molecule has 11 nitrogen and oxygen atoms in total. The predicted molar refractivity (Wildman–Crippen MR) is 149 cm³/mol. The zero-order chi connectivity index (χ0) is 29.6. The molecule has 226 valence electrons. The first kappa shape index (κ1) is 34.6. The van der Waals surface area contributed by atoms with Gasteiger partial charge in [-0.3, -0.25) is 9.59 Å². The summed E-state index contributed by atoms with van der Waals surface area (Å²) < 4.78 is 15.8. The molecular formula is C28H52N4O7. The Labute approximate surface area is 234 Å². The molecule has 0 bridgehead atoms. The first-order valence-corrected chi connectivity index (χ1v) is 14.2. The molecule has 0 spiro atoms. The van der Waals surface area contributed by atoms with Crippen LogP contribution in [0.25, 0.3) is 0 Å². The van der Waals surface area contributed by atoms with Crippen molar-refractivity contribution in [3.63, 3.8) is 0 Å². The van der Waals surface area contributed by atoms with Crippen LogP contribution in [0.4, 0.5) is 4.79 Å². The Morgan fingerprint density at radius 3 is 2.05 bits per heavy atom. The lowest BCUT2D eigenvalue weighted by molar-refractivity contribution is -0.146. The van der Waals surface area contributed by atoms with Gasteiger partial charge in [0.1, 0.15) is 23.7 Å². The number of rotatable bonds is 14. The van der Waals surface area contributed by atoms with Crippen molar-refractivity contribution in [3.8, 4) is 0 Å². The van der Waals surface area contributed by atoms with Crippen molar-refractivity contribution in [2.75, 3.05) is 20.3 Å². The van der Waals surface area contributed by atoms with Gasteiger partial charge in [0.25, 0.3) is 0 Å². The van der Waals surface area contributed by atoms with Gasteiger partial charge in [-0.05, 0) is 73.1 Å². The van der Waals surface area contributed by atoms with Crippen LogP contribution in [0.3, 0.4) is 0 Å². The number of esters is 1. The van der Waals surface area contributed by atoms with Crippen molar-refractivity contribution in [1.29, 1.82) is 0 Å². The Hall–Kier alpha value is -2.40. The number of alkyl carbamates (subject to hydrolysis) is 1. The van der Waals surface area contributed by atoms with Gasteiger partial charge in [0.05, 0.1) is 19.3 Å². The van der Waals surface area contributed by atoms with E-state index in [1.165, 1.54) is 13.5 Å². The predicted octanol–water partition coefficient (Wildman–Crippen LogP) is 2.94. The van der Waals surface area contributed by atoms with E-state index in [0.29, 0.717) is 31.7 Å². The topological polar surface area (TPSA) is 158 Å². The SMILES string of the molecule is COC(=O)[C@@H](CC1CCCCC1)NC(=O)[C@H](CCCCNC(=O)OC(C)(C)C)NC(=O)[C@@H](N)COC(C)(C)C. The van der Waals surface area contributed by atoms with Crippen LogP contribution in [0.15, 0.2) is 0 Å². The van der Waals surface area contributed by atoms with E-state index >= 15 is 0 Å². The molecule has 0 aromatic heterocycles. The van der Waals surface area contributed by atoms with E-state index in [1.54, 1.807) is 20.8 Å². The Morgan fingerprint density at radius 1 is 0.872 bits per heavy atom. The summed E-state index contributed by atoms with van der Waals surface area (Å²) >= 11 is 0. The van der Waals surface area contributed by atoms with Crippen LogP contribution in [-0.4, -0.2) is 73.5 Å². The second-order valence-electron chi connectivity index (χ2n) is 12.3. The van der Waals surface area contributed by atoms with Gasteiger partial charge >= 0.3 is 12.1 Å². The average molecular weight is 557 g/mol. The molecule has 1 rings (SSSR count). The van der Waals surface area contributed by atoms with E-state index in [0.717, 1.165) is 25.7 Å². The summed E-state index contributed by atoms with van der Waals surface area (Å²) in [7, 11) is 1.30. The van der Waals surface area contributed by atoms with Crippen LogP contribution < -0.4 is 21.7 Å². The number of nitrogens with one attached hydrogen (secondary N) is 3. The summed E-state index contributed by atoms with van der Waals surface area (Å²) in [4.78, 5) is 50.5. The fraction of sp³-hybridized carbons (Fsp3) is 0.857. The minimum Gasteiger partial charge on any atom is -0.467 e. The van der Waals surface area contributed by atoms with Gasteiger partial charge in [-0.1, -0.05) is 32.1 Å². The normalized spacial score (nSPS) is 16.9. The summed E-state index contributed by atoms with van der Waals surface area (Å²) in [6, 6.07) is -2.68. The fourth-order valence-corrected chi connectivity index (χ4v) is 4.33. The quantitative estimate of drug-likeness (QED) is 0.188. The summed E-state index contributed by atoms with van der Waals surface area (Å²) in [5.41, 5.74) is 4.96. The van der Waals surface area contributed by atoms with E-state index in [9.17, 15) is 19.2 Å². The van der Waals surface area contributed by atoms with Gasteiger partial charge in [0, 0.05) is 6.54 Å². The fourth-order valence-electron chi connectivity index (χ4n) is 4.33. The summed E-state index contributed by atoms with van der Waals surface area (Å²) in [5, 5.41) is 8.23. The molecule has 1 fully saturated rings. The maximum absolute atomic E-state index is 13.3. The van der Waals surface area contributed by atoms with E-state index in [-0.39, 0.29) is 13.0 Å². The van der Waals surface area contributed by atoms with Crippen molar-refractivity contribution < 1.29 is 33.4 Å². The molecule has 3 atom stereocenters. The van der Waals surface area contributed by atoms with Crippen molar-refractivity contribution in [3.05, 3.63) is 0 Å².